The van der Waals surface area contributed by atoms with Gasteiger partial charge in [0.2, 0.25) is 0 Å². The number of rotatable bonds is 4. The topological polar surface area (TPSA) is 37.3 Å². The lowest BCUT2D eigenvalue weighted by molar-refractivity contribution is -0.113. The Morgan fingerprint density at radius 3 is 1.85 bits per heavy atom. The molecule has 4 saturated carbocycles. The summed E-state index contributed by atoms with van der Waals surface area (Å²) in [4.78, 5) is 13.6. The molecule has 8 rings (SSSR count). The number of thioether (sulfide) groups is 1. The number of carbonyl (C=O) groups is 1. The maximum absolute atomic E-state index is 12.2. The molecule has 0 atom stereocenters. The quantitative estimate of drug-likeness (QED) is 0.421. The molecule has 4 bridgehead atoms. The van der Waals surface area contributed by atoms with Gasteiger partial charge in [-0.2, -0.15) is 0 Å². The van der Waals surface area contributed by atoms with Crippen molar-refractivity contribution in [1.82, 2.24) is 0 Å². The molecule has 3 aromatic rings. The Morgan fingerprint density at radius 1 is 0.706 bits per heavy atom. The number of aliphatic hydroxyl groups is 1. The first-order valence-electron chi connectivity index (χ1n) is 12.8. The van der Waals surface area contributed by atoms with E-state index in [1.54, 1.807) is 0 Å². The average Bonchev–Trinajstić information content (AvgIpc) is 3.15. The lowest BCUT2D eigenvalue weighted by Crippen LogP contribution is -2.48. The Bertz CT molecular complexity index is 1300. The van der Waals surface area contributed by atoms with Gasteiger partial charge >= 0.3 is 0 Å². The molecule has 3 heteroatoms. The van der Waals surface area contributed by atoms with Gasteiger partial charge in [0.15, 0.2) is 5.78 Å². The Kier molecular flexibility index (Phi) is 4.74. The highest BCUT2D eigenvalue weighted by Crippen LogP contribution is 2.61. The minimum Gasteiger partial charge on any atom is -0.512 e. The van der Waals surface area contributed by atoms with Gasteiger partial charge in [0.05, 0.1) is 5.57 Å². The van der Waals surface area contributed by atoms with Crippen molar-refractivity contribution < 1.29 is 9.90 Å². The fraction of sp³-hybridized carbons (Fsp3) is 0.387. The van der Waals surface area contributed by atoms with E-state index in [0.29, 0.717) is 23.2 Å². The normalized spacial score (nSPS) is 30.0. The zero-order valence-corrected chi connectivity index (χ0v) is 20.2. The highest BCUT2D eigenvalue weighted by molar-refractivity contribution is 8.00. The molecule has 5 aliphatic rings. The summed E-state index contributed by atoms with van der Waals surface area (Å²) in [5.74, 6) is 3.24. The highest BCUT2D eigenvalue weighted by Gasteiger charge is 2.51. The first-order chi connectivity index (χ1) is 16.5. The maximum atomic E-state index is 12.2. The van der Waals surface area contributed by atoms with E-state index in [4.69, 9.17) is 0 Å². The van der Waals surface area contributed by atoms with Crippen LogP contribution >= 0.6 is 11.8 Å². The van der Waals surface area contributed by atoms with Crippen molar-refractivity contribution in [2.75, 3.05) is 0 Å². The SMILES string of the molecule is O=C1CCC(O)=C1c1ccc2cc(-c3ccc(SC45CC6CC(CC(C6)C4)C5)cc3)ccc2c1. The van der Waals surface area contributed by atoms with Crippen molar-refractivity contribution in [3.05, 3.63) is 72.0 Å². The summed E-state index contributed by atoms with van der Waals surface area (Å²) in [6.07, 6.45) is 9.65. The zero-order chi connectivity index (χ0) is 22.9. The molecular weight excluding hydrogens is 436 g/mol. The predicted molar refractivity (Wildman–Crippen MR) is 140 cm³/mol. The van der Waals surface area contributed by atoms with E-state index in [2.05, 4.69) is 60.3 Å². The van der Waals surface area contributed by atoms with Crippen LogP contribution in [0.15, 0.2) is 71.3 Å². The molecule has 34 heavy (non-hydrogen) atoms. The number of fused-ring (bicyclic) bond motifs is 1. The third-order valence-electron chi connectivity index (χ3n) is 8.79. The molecule has 3 aromatic carbocycles. The summed E-state index contributed by atoms with van der Waals surface area (Å²) >= 11 is 2.17. The zero-order valence-electron chi connectivity index (χ0n) is 19.4. The Morgan fingerprint density at radius 2 is 1.26 bits per heavy atom. The van der Waals surface area contributed by atoms with Crippen molar-refractivity contribution in [3.63, 3.8) is 0 Å². The van der Waals surface area contributed by atoms with Crippen LogP contribution in [-0.2, 0) is 4.79 Å². The molecule has 0 amide bonds. The van der Waals surface area contributed by atoms with Gasteiger partial charge in [0.1, 0.15) is 5.76 Å². The van der Waals surface area contributed by atoms with E-state index in [0.717, 1.165) is 34.1 Å². The van der Waals surface area contributed by atoms with E-state index in [9.17, 15) is 9.90 Å². The number of carbonyl (C=O) groups excluding carboxylic acids is 1. The van der Waals surface area contributed by atoms with Gasteiger partial charge in [-0.15, -0.1) is 11.8 Å². The van der Waals surface area contributed by atoms with Crippen LogP contribution in [0, 0.1) is 17.8 Å². The fourth-order valence-electron chi connectivity index (χ4n) is 7.67. The van der Waals surface area contributed by atoms with Gasteiger partial charge in [-0.3, -0.25) is 4.79 Å². The molecule has 0 aliphatic heterocycles. The van der Waals surface area contributed by atoms with Gasteiger partial charge in [-0.1, -0.05) is 36.4 Å². The first-order valence-corrected chi connectivity index (χ1v) is 13.6. The highest BCUT2D eigenvalue weighted by atomic mass is 32.2. The summed E-state index contributed by atoms with van der Waals surface area (Å²) in [6, 6.07) is 21.8. The van der Waals surface area contributed by atoms with Gasteiger partial charge in [-0.05, 0) is 108 Å². The number of hydrogen-bond donors (Lipinski definition) is 1. The van der Waals surface area contributed by atoms with Crippen LogP contribution in [-0.4, -0.2) is 15.6 Å². The van der Waals surface area contributed by atoms with Crippen LogP contribution in [0.2, 0.25) is 0 Å². The van der Waals surface area contributed by atoms with E-state index in [1.165, 1.54) is 54.5 Å². The fourth-order valence-corrected chi connectivity index (χ4v) is 9.40. The second kappa shape index (κ2) is 7.75. The summed E-state index contributed by atoms with van der Waals surface area (Å²) < 4.78 is 0.501. The second-order valence-corrected chi connectivity index (χ2v) is 12.8. The van der Waals surface area contributed by atoms with Crippen LogP contribution < -0.4 is 0 Å². The van der Waals surface area contributed by atoms with Gasteiger partial charge in [0.25, 0.3) is 0 Å². The molecule has 2 nitrogen and oxygen atoms in total. The molecule has 4 fully saturated rings. The molecule has 5 aliphatic carbocycles. The van der Waals surface area contributed by atoms with E-state index >= 15 is 0 Å². The Labute approximate surface area is 205 Å². The number of allylic oxidation sites excluding steroid dienone is 2. The lowest BCUT2D eigenvalue weighted by atomic mass is 9.56. The molecule has 172 valence electrons. The summed E-state index contributed by atoms with van der Waals surface area (Å²) in [6.45, 7) is 0. The summed E-state index contributed by atoms with van der Waals surface area (Å²) in [5, 5.41) is 12.4. The molecule has 0 unspecified atom stereocenters. The number of aliphatic hydroxyl groups excluding tert-OH is 1. The van der Waals surface area contributed by atoms with Crippen molar-refractivity contribution in [3.8, 4) is 11.1 Å². The van der Waals surface area contributed by atoms with Gasteiger partial charge in [0, 0.05) is 22.5 Å². The molecule has 0 saturated heterocycles. The predicted octanol–water partition coefficient (Wildman–Crippen LogP) is 8.20. The van der Waals surface area contributed by atoms with Crippen molar-refractivity contribution in [2.24, 2.45) is 17.8 Å². The smallest absolute Gasteiger partial charge is 0.167 e. The largest absolute Gasteiger partial charge is 0.512 e. The number of Topliss-reactive ketones (excluding diaryl/α,β-unsaturated/α-hetero) is 1. The Hall–Kier alpha value is -2.52. The van der Waals surface area contributed by atoms with E-state index in [1.807, 2.05) is 12.1 Å². The lowest BCUT2D eigenvalue weighted by Gasteiger charge is -2.56. The number of hydrogen-bond acceptors (Lipinski definition) is 3. The standard InChI is InChI=1S/C31H30O2S/c32-28-9-10-29(33)30(28)26-4-3-24-14-23(1-2-25(24)15-26)22-5-7-27(8-6-22)34-31-16-19-11-20(17-31)13-21(12-19)18-31/h1-8,14-15,19-21,32H,9-13,16-18H2. The van der Waals surface area contributed by atoms with Crippen LogP contribution in [0.1, 0.15) is 56.9 Å². The van der Waals surface area contributed by atoms with Crippen LogP contribution in [0.5, 0.6) is 0 Å². The first kappa shape index (κ1) is 20.8. The van der Waals surface area contributed by atoms with Crippen molar-refractivity contribution in [1.29, 1.82) is 0 Å². The Balaban J connectivity index is 1.13. The maximum Gasteiger partial charge on any atom is 0.167 e. The molecule has 1 N–H and O–H groups in total. The monoisotopic (exact) mass is 466 g/mol. The third-order valence-corrected chi connectivity index (χ3v) is 10.2. The molecule has 0 aromatic heterocycles. The van der Waals surface area contributed by atoms with Crippen LogP contribution in [0.4, 0.5) is 0 Å². The minimum absolute atomic E-state index is 0.0416. The van der Waals surface area contributed by atoms with Gasteiger partial charge in [-0.25, -0.2) is 0 Å². The third kappa shape index (κ3) is 3.51. The molecule has 0 radical (unpaired) electrons. The molecule has 0 spiro atoms. The van der Waals surface area contributed by atoms with E-state index < -0.39 is 0 Å². The summed E-state index contributed by atoms with van der Waals surface area (Å²) in [7, 11) is 0. The van der Waals surface area contributed by atoms with Crippen molar-refractivity contribution >= 4 is 33.9 Å². The second-order valence-electron chi connectivity index (χ2n) is 11.2. The average molecular weight is 467 g/mol. The van der Waals surface area contributed by atoms with Crippen molar-refractivity contribution in [2.45, 2.75) is 61.0 Å². The summed E-state index contributed by atoms with van der Waals surface area (Å²) in [5.41, 5.74) is 3.78. The van der Waals surface area contributed by atoms with Crippen LogP contribution in [0.25, 0.3) is 27.5 Å². The van der Waals surface area contributed by atoms with E-state index in [-0.39, 0.29) is 11.5 Å². The molecular formula is C31H30O2S. The number of ketones is 1. The number of benzene rings is 3. The molecule has 0 heterocycles. The van der Waals surface area contributed by atoms with Gasteiger partial charge < -0.3 is 5.11 Å². The van der Waals surface area contributed by atoms with Crippen LogP contribution in [0.3, 0.4) is 0 Å². The minimum atomic E-state index is 0.0416.